The summed E-state index contributed by atoms with van der Waals surface area (Å²) in [5.74, 6) is 0.0977. The Kier molecular flexibility index (Phi) is 2.98. The van der Waals surface area contributed by atoms with E-state index in [9.17, 15) is 13.2 Å². The summed E-state index contributed by atoms with van der Waals surface area (Å²) >= 11 is 1.27. The van der Waals surface area contributed by atoms with Crippen molar-refractivity contribution >= 4 is 27.1 Å². The normalized spacial score (nSPS) is 20.8. The molecule has 1 aromatic heterocycles. The van der Waals surface area contributed by atoms with Crippen molar-refractivity contribution in [3.63, 3.8) is 0 Å². The highest BCUT2D eigenvalue weighted by molar-refractivity contribution is 7.91. The van der Waals surface area contributed by atoms with Crippen molar-refractivity contribution in [2.45, 2.75) is 18.8 Å². The van der Waals surface area contributed by atoms with E-state index < -0.39 is 15.7 Å². The second kappa shape index (κ2) is 4.14. The van der Waals surface area contributed by atoms with Gasteiger partial charge in [0.25, 0.3) is 5.91 Å². The number of nitrogens with two attached hydrogens (primary N) is 1. The number of rotatable bonds is 2. The number of thiazole rings is 1. The highest BCUT2D eigenvalue weighted by atomic mass is 32.2. The summed E-state index contributed by atoms with van der Waals surface area (Å²) < 4.78 is 22.5. The summed E-state index contributed by atoms with van der Waals surface area (Å²) in [6.45, 7) is 0. The smallest absolute Gasteiger partial charge is 0.260 e. The van der Waals surface area contributed by atoms with Crippen molar-refractivity contribution in [1.29, 1.82) is 0 Å². The minimum atomic E-state index is -2.85. The first-order chi connectivity index (χ1) is 7.48. The van der Waals surface area contributed by atoms with Crippen LogP contribution in [0.25, 0.3) is 0 Å². The highest BCUT2D eigenvalue weighted by Gasteiger charge is 2.26. The van der Waals surface area contributed by atoms with E-state index in [4.69, 9.17) is 5.73 Å². The van der Waals surface area contributed by atoms with Crippen molar-refractivity contribution < 1.29 is 13.2 Å². The van der Waals surface area contributed by atoms with Gasteiger partial charge in [0.2, 0.25) is 0 Å². The van der Waals surface area contributed by atoms with Crippen LogP contribution < -0.4 is 5.73 Å². The molecule has 2 heterocycles. The van der Waals surface area contributed by atoms with E-state index >= 15 is 0 Å². The molecule has 88 valence electrons. The third-order valence-corrected chi connectivity index (χ3v) is 5.56. The molecule has 0 bridgehead atoms. The SMILES string of the molecule is NC(=O)c1cnc(C2CCS(=O)(=O)CC2)s1. The fraction of sp³-hybridized carbons (Fsp3) is 0.556. The minimum Gasteiger partial charge on any atom is -0.365 e. The molecule has 1 aromatic rings. The molecule has 0 radical (unpaired) electrons. The average molecular weight is 260 g/mol. The monoisotopic (exact) mass is 260 g/mol. The van der Waals surface area contributed by atoms with E-state index in [0.29, 0.717) is 17.7 Å². The van der Waals surface area contributed by atoms with Crippen LogP contribution in [0.1, 0.15) is 33.4 Å². The van der Waals surface area contributed by atoms with Crippen LogP contribution in [0, 0.1) is 0 Å². The van der Waals surface area contributed by atoms with Gasteiger partial charge in [-0.2, -0.15) is 0 Å². The third kappa shape index (κ3) is 2.41. The second-order valence-electron chi connectivity index (χ2n) is 3.85. The molecule has 1 aliphatic heterocycles. The lowest BCUT2D eigenvalue weighted by atomic mass is 10.0. The summed E-state index contributed by atoms with van der Waals surface area (Å²) in [6.07, 6.45) is 2.65. The molecule has 2 rings (SSSR count). The Labute approximate surface area is 97.6 Å². The predicted octanol–water partition coefficient (Wildman–Crippen LogP) is 0.534. The Balaban J connectivity index is 2.11. The molecule has 0 unspecified atom stereocenters. The van der Waals surface area contributed by atoms with Crippen molar-refractivity contribution in [3.05, 3.63) is 16.1 Å². The minimum absolute atomic E-state index is 0.154. The first-order valence-corrected chi connectivity index (χ1v) is 7.58. The van der Waals surface area contributed by atoms with Crippen LogP contribution in [0.4, 0.5) is 0 Å². The molecule has 2 N–H and O–H groups in total. The molecule has 16 heavy (non-hydrogen) atoms. The maximum Gasteiger partial charge on any atom is 0.260 e. The van der Waals surface area contributed by atoms with Crippen molar-refractivity contribution in [2.24, 2.45) is 5.73 Å². The fourth-order valence-corrected chi connectivity index (χ4v) is 4.16. The Morgan fingerprint density at radius 2 is 2.06 bits per heavy atom. The fourth-order valence-electron chi connectivity index (χ4n) is 1.73. The van der Waals surface area contributed by atoms with Crippen molar-refractivity contribution in [3.8, 4) is 0 Å². The van der Waals surface area contributed by atoms with Crippen LogP contribution in [0.3, 0.4) is 0 Å². The zero-order valence-corrected chi connectivity index (χ0v) is 10.2. The molecule has 5 nitrogen and oxygen atoms in total. The maximum absolute atomic E-state index is 11.2. The lowest BCUT2D eigenvalue weighted by molar-refractivity contribution is 0.100. The molecule has 0 atom stereocenters. The Bertz CT molecular complexity index is 493. The first kappa shape index (κ1) is 11.5. The molecule has 1 amide bonds. The molecular formula is C9H12N2O3S2. The number of carbonyl (C=O) groups excluding carboxylic acids is 1. The number of sulfone groups is 1. The lowest BCUT2D eigenvalue weighted by Gasteiger charge is -2.19. The quantitative estimate of drug-likeness (QED) is 0.840. The van der Waals surface area contributed by atoms with Gasteiger partial charge in [-0.1, -0.05) is 0 Å². The van der Waals surface area contributed by atoms with E-state index in [-0.39, 0.29) is 17.4 Å². The number of amides is 1. The number of aromatic nitrogens is 1. The van der Waals surface area contributed by atoms with Gasteiger partial charge in [-0.3, -0.25) is 4.79 Å². The second-order valence-corrected chi connectivity index (χ2v) is 7.22. The molecule has 1 fully saturated rings. The van der Waals surface area contributed by atoms with Gasteiger partial charge < -0.3 is 5.73 Å². The van der Waals surface area contributed by atoms with Gasteiger partial charge >= 0.3 is 0 Å². The van der Waals surface area contributed by atoms with Crippen molar-refractivity contribution in [2.75, 3.05) is 11.5 Å². The Morgan fingerprint density at radius 1 is 1.44 bits per heavy atom. The van der Waals surface area contributed by atoms with Gasteiger partial charge in [-0.25, -0.2) is 13.4 Å². The van der Waals surface area contributed by atoms with E-state index in [2.05, 4.69) is 4.98 Å². The number of primary amides is 1. The summed E-state index contributed by atoms with van der Waals surface area (Å²) in [4.78, 5) is 15.5. The lowest BCUT2D eigenvalue weighted by Crippen LogP contribution is -2.21. The van der Waals surface area contributed by atoms with Gasteiger partial charge in [0.1, 0.15) is 14.7 Å². The third-order valence-electron chi connectivity index (χ3n) is 2.67. The zero-order valence-electron chi connectivity index (χ0n) is 8.55. The summed E-state index contributed by atoms with van der Waals surface area (Å²) in [6, 6.07) is 0. The number of nitrogens with zero attached hydrogens (tertiary/aromatic N) is 1. The van der Waals surface area contributed by atoms with Crippen LogP contribution in [0.15, 0.2) is 6.20 Å². The maximum atomic E-state index is 11.2. The van der Waals surface area contributed by atoms with Crippen LogP contribution in [0.2, 0.25) is 0 Å². The van der Waals surface area contributed by atoms with Gasteiger partial charge in [0.15, 0.2) is 0 Å². The van der Waals surface area contributed by atoms with Gasteiger partial charge in [-0.15, -0.1) is 11.3 Å². The summed E-state index contributed by atoms with van der Waals surface area (Å²) in [7, 11) is -2.85. The van der Waals surface area contributed by atoms with Crippen LogP contribution in [-0.2, 0) is 9.84 Å². The largest absolute Gasteiger partial charge is 0.365 e. The molecule has 7 heteroatoms. The number of hydrogen-bond acceptors (Lipinski definition) is 5. The standard InChI is InChI=1S/C9H12N2O3S2/c10-8(12)7-5-11-9(15-7)6-1-3-16(13,14)4-2-6/h5-6H,1-4H2,(H2,10,12). The zero-order chi connectivity index (χ0) is 11.8. The van der Waals surface area contributed by atoms with Crippen LogP contribution >= 0.6 is 11.3 Å². The molecule has 1 aliphatic rings. The summed E-state index contributed by atoms with van der Waals surface area (Å²) in [5.41, 5.74) is 5.14. The average Bonchev–Trinajstić information content (AvgIpc) is 2.66. The molecule has 1 saturated heterocycles. The summed E-state index contributed by atoms with van der Waals surface area (Å²) in [5, 5.41) is 0.823. The van der Waals surface area contributed by atoms with E-state index in [1.54, 1.807) is 0 Å². The highest BCUT2D eigenvalue weighted by Crippen LogP contribution is 2.31. The Hall–Kier alpha value is -0.950. The van der Waals surface area contributed by atoms with E-state index in [1.807, 2.05) is 0 Å². The molecule has 0 saturated carbocycles. The van der Waals surface area contributed by atoms with E-state index in [0.717, 1.165) is 5.01 Å². The predicted molar refractivity (Wildman–Crippen MR) is 61.3 cm³/mol. The van der Waals surface area contributed by atoms with E-state index in [1.165, 1.54) is 17.5 Å². The van der Waals surface area contributed by atoms with Crippen molar-refractivity contribution in [1.82, 2.24) is 4.98 Å². The molecule has 0 aliphatic carbocycles. The molecule has 0 aromatic carbocycles. The number of carbonyl (C=O) groups is 1. The first-order valence-electron chi connectivity index (χ1n) is 4.94. The van der Waals surface area contributed by atoms with Crippen LogP contribution in [-0.4, -0.2) is 30.8 Å². The molecule has 0 spiro atoms. The number of hydrogen-bond donors (Lipinski definition) is 1. The van der Waals surface area contributed by atoms with Crippen LogP contribution in [0.5, 0.6) is 0 Å². The topological polar surface area (TPSA) is 90.1 Å². The van der Waals surface area contributed by atoms with Gasteiger partial charge in [-0.05, 0) is 12.8 Å². The van der Waals surface area contributed by atoms with Gasteiger partial charge in [0.05, 0.1) is 22.7 Å². The molecular weight excluding hydrogens is 248 g/mol. The Morgan fingerprint density at radius 3 is 2.56 bits per heavy atom. The van der Waals surface area contributed by atoms with Gasteiger partial charge in [0, 0.05) is 5.92 Å².